The minimum Gasteiger partial charge on any atom is -0.478 e. The number of carboxylic acids is 1. The molecule has 0 amide bonds. The number of hydrogen-bond acceptors (Lipinski definition) is 3. The van der Waals surface area contributed by atoms with Crippen molar-refractivity contribution in [1.29, 1.82) is 0 Å². The van der Waals surface area contributed by atoms with Crippen LogP contribution in [0.2, 0.25) is 0 Å². The highest BCUT2D eigenvalue weighted by Crippen LogP contribution is 2.28. The second-order valence-corrected chi connectivity index (χ2v) is 5.65. The summed E-state index contributed by atoms with van der Waals surface area (Å²) in [7, 11) is 0. The monoisotopic (exact) mass is 326 g/mol. The molecule has 2 rings (SSSR count). The molecule has 1 aromatic rings. The number of carbonyl (C=O) groups is 1. The third kappa shape index (κ3) is 3.48. The molecule has 0 radical (unpaired) electrons. The van der Waals surface area contributed by atoms with Crippen LogP contribution in [0.15, 0.2) is 22.7 Å². The van der Waals surface area contributed by atoms with E-state index in [0.29, 0.717) is 5.56 Å². The van der Waals surface area contributed by atoms with E-state index in [4.69, 9.17) is 5.11 Å². The van der Waals surface area contributed by atoms with Gasteiger partial charge in [0.2, 0.25) is 0 Å². The lowest BCUT2D eigenvalue weighted by Gasteiger charge is -2.36. The molecule has 1 aliphatic rings. The zero-order valence-electron chi connectivity index (χ0n) is 11.1. The quantitative estimate of drug-likeness (QED) is 0.923. The highest BCUT2D eigenvalue weighted by Gasteiger charge is 2.18. The van der Waals surface area contributed by atoms with Crippen LogP contribution in [-0.2, 0) is 0 Å². The Bertz CT molecular complexity index is 457. The first-order chi connectivity index (χ1) is 9.11. The average molecular weight is 327 g/mol. The lowest BCUT2D eigenvalue weighted by atomic mass is 10.2. The summed E-state index contributed by atoms with van der Waals surface area (Å²) in [5.74, 6) is -0.889. The first kappa shape index (κ1) is 14.3. The Morgan fingerprint density at radius 1 is 1.32 bits per heavy atom. The van der Waals surface area contributed by atoms with E-state index in [0.717, 1.165) is 42.9 Å². The van der Waals surface area contributed by atoms with Gasteiger partial charge in [0.15, 0.2) is 0 Å². The smallest absolute Gasteiger partial charge is 0.335 e. The van der Waals surface area contributed by atoms with Crippen LogP contribution in [0.1, 0.15) is 23.7 Å². The minimum atomic E-state index is -0.889. The summed E-state index contributed by atoms with van der Waals surface area (Å²) < 4.78 is 0.858. The van der Waals surface area contributed by atoms with Crippen molar-refractivity contribution in [3.05, 3.63) is 28.2 Å². The van der Waals surface area contributed by atoms with Gasteiger partial charge >= 0.3 is 5.97 Å². The molecule has 0 bridgehead atoms. The van der Waals surface area contributed by atoms with Crippen molar-refractivity contribution in [2.75, 3.05) is 37.6 Å². The molecular weight excluding hydrogens is 308 g/mol. The van der Waals surface area contributed by atoms with Gasteiger partial charge in [0.05, 0.1) is 11.3 Å². The third-order valence-corrected chi connectivity index (χ3v) is 4.08. The number of carboxylic acid groups (broad SMARTS) is 1. The fourth-order valence-electron chi connectivity index (χ4n) is 2.42. The Labute approximate surface area is 122 Å². The van der Waals surface area contributed by atoms with E-state index in [1.807, 2.05) is 6.07 Å². The van der Waals surface area contributed by atoms with E-state index in [9.17, 15) is 4.79 Å². The molecule has 1 aliphatic heterocycles. The minimum absolute atomic E-state index is 0.320. The normalized spacial score (nSPS) is 16.6. The van der Waals surface area contributed by atoms with E-state index in [1.165, 1.54) is 6.42 Å². The van der Waals surface area contributed by atoms with Crippen LogP contribution in [0.5, 0.6) is 0 Å². The molecule has 0 aromatic heterocycles. The third-order valence-electron chi connectivity index (χ3n) is 3.45. The Morgan fingerprint density at radius 3 is 2.53 bits per heavy atom. The molecule has 1 aromatic carbocycles. The fourth-order valence-corrected chi connectivity index (χ4v) is 3.05. The highest BCUT2D eigenvalue weighted by molar-refractivity contribution is 9.10. The van der Waals surface area contributed by atoms with Crippen LogP contribution in [0.4, 0.5) is 5.69 Å². The summed E-state index contributed by atoms with van der Waals surface area (Å²) in [5, 5.41) is 8.96. The molecule has 1 saturated heterocycles. The molecule has 0 saturated carbocycles. The Hall–Kier alpha value is -1.07. The number of rotatable bonds is 4. The first-order valence-electron chi connectivity index (χ1n) is 6.62. The van der Waals surface area contributed by atoms with Crippen LogP contribution >= 0.6 is 15.9 Å². The molecule has 19 heavy (non-hydrogen) atoms. The van der Waals surface area contributed by atoms with Gasteiger partial charge in [0.1, 0.15) is 0 Å². The summed E-state index contributed by atoms with van der Waals surface area (Å²) in [6.45, 7) is 7.48. The average Bonchev–Trinajstić information content (AvgIpc) is 2.40. The molecule has 0 spiro atoms. The molecule has 0 aliphatic carbocycles. The van der Waals surface area contributed by atoms with Gasteiger partial charge in [-0.25, -0.2) is 4.79 Å². The number of piperazine rings is 1. The van der Waals surface area contributed by atoms with Gasteiger partial charge in [-0.2, -0.15) is 0 Å². The lowest BCUT2D eigenvalue weighted by molar-refractivity contribution is 0.0697. The van der Waals surface area contributed by atoms with E-state index in [2.05, 4.69) is 32.7 Å². The van der Waals surface area contributed by atoms with Crippen LogP contribution < -0.4 is 4.90 Å². The maximum Gasteiger partial charge on any atom is 0.335 e. The molecule has 0 unspecified atom stereocenters. The van der Waals surface area contributed by atoms with E-state index >= 15 is 0 Å². The van der Waals surface area contributed by atoms with Crippen LogP contribution in [0.25, 0.3) is 0 Å². The second kappa shape index (κ2) is 6.39. The predicted octanol–water partition coefficient (Wildman–Crippen LogP) is 2.68. The Kier molecular flexibility index (Phi) is 4.82. The van der Waals surface area contributed by atoms with Gasteiger partial charge in [-0.05, 0) is 47.1 Å². The Morgan fingerprint density at radius 2 is 2.00 bits per heavy atom. The van der Waals surface area contributed by atoms with E-state index in [-0.39, 0.29) is 0 Å². The SMILES string of the molecule is CCCN1CCN(c2ccc(C(=O)O)cc2Br)CC1. The number of anilines is 1. The number of hydrogen-bond donors (Lipinski definition) is 1. The molecule has 5 heteroatoms. The van der Waals surface area contributed by atoms with Crippen molar-refractivity contribution < 1.29 is 9.90 Å². The number of benzene rings is 1. The molecule has 104 valence electrons. The van der Waals surface area contributed by atoms with Gasteiger partial charge in [0, 0.05) is 30.7 Å². The maximum absolute atomic E-state index is 10.9. The van der Waals surface area contributed by atoms with Crippen LogP contribution in [0, 0.1) is 0 Å². The van der Waals surface area contributed by atoms with Crippen molar-refractivity contribution in [1.82, 2.24) is 4.90 Å². The van der Waals surface area contributed by atoms with Gasteiger partial charge in [-0.15, -0.1) is 0 Å². The lowest BCUT2D eigenvalue weighted by Crippen LogP contribution is -2.46. The van der Waals surface area contributed by atoms with Gasteiger partial charge in [0.25, 0.3) is 0 Å². The highest BCUT2D eigenvalue weighted by atomic mass is 79.9. The Balaban J connectivity index is 2.05. The van der Waals surface area contributed by atoms with Crippen molar-refractivity contribution in [2.24, 2.45) is 0 Å². The van der Waals surface area contributed by atoms with Crippen LogP contribution in [-0.4, -0.2) is 48.7 Å². The zero-order valence-corrected chi connectivity index (χ0v) is 12.7. The van der Waals surface area contributed by atoms with Crippen molar-refractivity contribution >= 4 is 27.6 Å². The van der Waals surface area contributed by atoms with Gasteiger partial charge < -0.3 is 10.0 Å². The molecule has 1 fully saturated rings. The fraction of sp³-hybridized carbons (Fsp3) is 0.500. The molecular formula is C14H19BrN2O2. The van der Waals surface area contributed by atoms with Gasteiger partial charge in [-0.3, -0.25) is 4.90 Å². The van der Waals surface area contributed by atoms with Crippen molar-refractivity contribution in [2.45, 2.75) is 13.3 Å². The summed E-state index contributed by atoms with van der Waals surface area (Å²) in [4.78, 5) is 15.7. The van der Waals surface area contributed by atoms with E-state index in [1.54, 1.807) is 12.1 Å². The predicted molar refractivity (Wildman–Crippen MR) is 80.0 cm³/mol. The molecule has 1 heterocycles. The summed E-state index contributed by atoms with van der Waals surface area (Å²) >= 11 is 3.48. The standard InChI is InChI=1S/C14H19BrN2O2/c1-2-5-16-6-8-17(9-7-16)13-4-3-11(14(18)19)10-12(13)15/h3-4,10H,2,5-9H2,1H3,(H,18,19). The molecule has 4 nitrogen and oxygen atoms in total. The van der Waals surface area contributed by atoms with E-state index < -0.39 is 5.97 Å². The molecule has 0 atom stereocenters. The topological polar surface area (TPSA) is 43.8 Å². The second-order valence-electron chi connectivity index (χ2n) is 4.80. The number of nitrogens with zero attached hydrogens (tertiary/aromatic N) is 2. The van der Waals surface area contributed by atoms with Crippen molar-refractivity contribution in [3.63, 3.8) is 0 Å². The maximum atomic E-state index is 10.9. The largest absolute Gasteiger partial charge is 0.478 e. The zero-order chi connectivity index (χ0) is 13.8. The van der Waals surface area contributed by atoms with Crippen molar-refractivity contribution in [3.8, 4) is 0 Å². The molecule has 1 N–H and O–H groups in total. The first-order valence-corrected chi connectivity index (χ1v) is 7.41. The van der Waals surface area contributed by atoms with Gasteiger partial charge in [-0.1, -0.05) is 6.92 Å². The van der Waals surface area contributed by atoms with Crippen LogP contribution in [0.3, 0.4) is 0 Å². The summed E-state index contributed by atoms with van der Waals surface area (Å²) in [6.07, 6.45) is 1.19. The number of aromatic carboxylic acids is 1. The summed E-state index contributed by atoms with van der Waals surface area (Å²) in [6, 6.07) is 5.24. The summed E-state index contributed by atoms with van der Waals surface area (Å²) in [5.41, 5.74) is 1.40. The number of halogens is 1.